The number of carbonyl (C=O) groups is 1. The lowest BCUT2D eigenvalue weighted by atomic mass is 9.81. The molecule has 1 amide bonds. The van der Waals surface area contributed by atoms with Crippen LogP contribution in [0.25, 0.3) is 0 Å². The molecule has 2 N–H and O–H groups in total. The molecule has 2 aromatic rings. The van der Waals surface area contributed by atoms with Crippen molar-refractivity contribution in [2.24, 2.45) is 11.7 Å². The maximum absolute atomic E-state index is 13.8. The summed E-state index contributed by atoms with van der Waals surface area (Å²) in [6, 6.07) is 19.7. The van der Waals surface area contributed by atoms with Crippen molar-refractivity contribution in [3.8, 4) is 6.07 Å². The molecular formula is C29H31N5O. The van der Waals surface area contributed by atoms with Crippen LogP contribution in [0.2, 0.25) is 0 Å². The summed E-state index contributed by atoms with van der Waals surface area (Å²) in [4.78, 5) is 20.4. The van der Waals surface area contributed by atoms with Crippen LogP contribution in [0.5, 0.6) is 0 Å². The van der Waals surface area contributed by atoms with Gasteiger partial charge in [-0.05, 0) is 53.9 Å². The highest BCUT2D eigenvalue weighted by Crippen LogP contribution is 2.50. The van der Waals surface area contributed by atoms with E-state index in [4.69, 9.17) is 5.73 Å². The number of rotatable bonds is 5. The van der Waals surface area contributed by atoms with Gasteiger partial charge in [0.2, 0.25) is 5.91 Å². The van der Waals surface area contributed by atoms with Crippen LogP contribution in [0.1, 0.15) is 47.6 Å². The highest BCUT2D eigenvalue weighted by atomic mass is 16.2. The van der Waals surface area contributed by atoms with Crippen LogP contribution in [0, 0.1) is 17.2 Å². The summed E-state index contributed by atoms with van der Waals surface area (Å²) in [5, 5.41) is 9.57. The van der Waals surface area contributed by atoms with Gasteiger partial charge < -0.3 is 15.5 Å². The topological polar surface area (TPSA) is 76.6 Å². The van der Waals surface area contributed by atoms with Crippen molar-refractivity contribution in [1.82, 2.24) is 14.7 Å². The average Bonchev–Trinajstić information content (AvgIpc) is 3.19. The molecule has 7 rings (SSSR count). The third-order valence-corrected chi connectivity index (χ3v) is 9.12. The normalized spacial score (nSPS) is 31.7. The van der Waals surface area contributed by atoms with E-state index >= 15 is 0 Å². The number of amides is 1. The number of benzene rings is 2. The molecule has 0 spiro atoms. The van der Waals surface area contributed by atoms with Crippen molar-refractivity contribution >= 4 is 5.91 Å². The van der Waals surface area contributed by atoms with Gasteiger partial charge in [-0.15, -0.1) is 0 Å². The number of fused-ring (bicyclic) bond motifs is 5. The van der Waals surface area contributed by atoms with E-state index in [9.17, 15) is 10.1 Å². The second kappa shape index (κ2) is 7.68. The minimum atomic E-state index is -0.262. The van der Waals surface area contributed by atoms with Crippen molar-refractivity contribution in [2.45, 2.75) is 61.9 Å². The van der Waals surface area contributed by atoms with Gasteiger partial charge in [0, 0.05) is 30.9 Å². The molecule has 178 valence electrons. The Labute approximate surface area is 206 Å². The van der Waals surface area contributed by atoms with Gasteiger partial charge in [0.1, 0.15) is 6.04 Å². The molecule has 6 atom stereocenters. The average molecular weight is 466 g/mol. The van der Waals surface area contributed by atoms with Crippen molar-refractivity contribution < 1.29 is 4.79 Å². The van der Waals surface area contributed by atoms with Crippen LogP contribution in [0.3, 0.4) is 0 Å². The number of likely N-dealkylation sites (tertiary alicyclic amines) is 3. The van der Waals surface area contributed by atoms with Gasteiger partial charge >= 0.3 is 0 Å². The highest BCUT2D eigenvalue weighted by molar-refractivity contribution is 5.87. The van der Waals surface area contributed by atoms with Gasteiger partial charge in [0.05, 0.1) is 24.2 Å². The Kier molecular flexibility index (Phi) is 4.64. The molecule has 0 radical (unpaired) electrons. The Bertz CT molecular complexity index is 1220. The van der Waals surface area contributed by atoms with E-state index in [1.807, 2.05) is 0 Å². The maximum Gasteiger partial charge on any atom is 0.241 e. The molecule has 3 heterocycles. The first kappa shape index (κ1) is 21.2. The molecule has 2 bridgehead atoms. The molecule has 3 aliphatic heterocycles. The van der Waals surface area contributed by atoms with Crippen LogP contribution >= 0.6 is 0 Å². The zero-order valence-corrected chi connectivity index (χ0v) is 19.9. The number of nitriles is 1. The standard InChI is InChI=1S/C29H31N5O/c1-17(33-21(14-30)11-20-12-26(20)33)25(31)16-32-15-22-13-27(32)29(35)34(22)28-23-8-4-2-6-18(23)10-19-7-3-5-9-24(19)28/h2-9,20-22,25-28H,1,10-13,15-16,31H2/t20?,21?,22-,25?,26-,27?/m0/s1. The Morgan fingerprint density at radius 1 is 1.09 bits per heavy atom. The van der Waals surface area contributed by atoms with Crippen LogP contribution in [-0.2, 0) is 11.2 Å². The lowest BCUT2D eigenvalue weighted by Gasteiger charge is -2.42. The van der Waals surface area contributed by atoms with E-state index in [0.29, 0.717) is 18.5 Å². The van der Waals surface area contributed by atoms with E-state index in [1.54, 1.807) is 0 Å². The lowest BCUT2D eigenvalue weighted by molar-refractivity contribution is -0.138. The minimum Gasteiger partial charge on any atom is -0.355 e. The molecule has 2 aliphatic carbocycles. The summed E-state index contributed by atoms with van der Waals surface area (Å²) < 4.78 is 0. The fourth-order valence-electron chi connectivity index (χ4n) is 7.36. The second-order valence-corrected chi connectivity index (χ2v) is 11.0. The highest BCUT2D eigenvalue weighted by Gasteiger charge is 2.55. The molecular weight excluding hydrogens is 434 g/mol. The van der Waals surface area contributed by atoms with Gasteiger partial charge in [0.15, 0.2) is 0 Å². The van der Waals surface area contributed by atoms with Crippen molar-refractivity contribution in [1.29, 1.82) is 5.26 Å². The molecule has 5 aliphatic rings. The maximum atomic E-state index is 13.8. The number of nitrogens with two attached hydrogens (primary N) is 1. The first-order valence-electron chi connectivity index (χ1n) is 12.9. The first-order chi connectivity index (χ1) is 17.0. The SMILES string of the molecule is C=C(C(N)CN1C[C@@H]2CC1C(=O)N2C1c2ccccc2Cc2ccccc21)N1C(C#N)CC2C[C@@H]21. The number of piperidine rings is 1. The molecule has 6 heteroatoms. The smallest absolute Gasteiger partial charge is 0.241 e. The molecule has 3 saturated heterocycles. The summed E-state index contributed by atoms with van der Waals surface area (Å²) in [5.41, 5.74) is 12.7. The number of hydrogen-bond donors (Lipinski definition) is 1. The van der Waals surface area contributed by atoms with E-state index in [2.05, 4.69) is 75.9 Å². The van der Waals surface area contributed by atoms with Gasteiger partial charge in [-0.1, -0.05) is 55.1 Å². The van der Waals surface area contributed by atoms with Gasteiger partial charge in [-0.3, -0.25) is 9.69 Å². The van der Waals surface area contributed by atoms with Gasteiger partial charge in [-0.2, -0.15) is 5.26 Å². The zero-order chi connectivity index (χ0) is 23.8. The summed E-state index contributed by atoms with van der Waals surface area (Å²) in [5.74, 6) is 0.844. The largest absolute Gasteiger partial charge is 0.355 e. The van der Waals surface area contributed by atoms with Crippen LogP contribution in [-0.4, -0.2) is 63.9 Å². The van der Waals surface area contributed by atoms with Crippen molar-refractivity contribution in [3.63, 3.8) is 0 Å². The van der Waals surface area contributed by atoms with Gasteiger partial charge in [-0.25, -0.2) is 0 Å². The monoisotopic (exact) mass is 465 g/mol. The van der Waals surface area contributed by atoms with Gasteiger partial charge in [0.25, 0.3) is 0 Å². The third kappa shape index (κ3) is 3.11. The first-order valence-corrected chi connectivity index (χ1v) is 12.9. The van der Waals surface area contributed by atoms with Crippen LogP contribution in [0.4, 0.5) is 0 Å². The molecule has 0 aromatic heterocycles. The fourth-order valence-corrected chi connectivity index (χ4v) is 7.36. The number of hydrogen-bond acceptors (Lipinski definition) is 5. The van der Waals surface area contributed by atoms with E-state index in [0.717, 1.165) is 37.9 Å². The summed E-state index contributed by atoms with van der Waals surface area (Å²) in [7, 11) is 0. The van der Waals surface area contributed by atoms with Crippen molar-refractivity contribution in [2.75, 3.05) is 13.1 Å². The number of nitrogens with zero attached hydrogens (tertiary/aromatic N) is 4. The zero-order valence-electron chi connectivity index (χ0n) is 19.9. The fraction of sp³-hybridized carbons (Fsp3) is 0.448. The quantitative estimate of drug-likeness (QED) is 0.735. The molecule has 2 aromatic carbocycles. The van der Waals surface area contributed by atoms with Crippen LogP contribution in [0.15, 0.2) is 60.8 Å². The predicted molar refractivity (Wildman–Crippen MR) is 133 cm³/mol. The molecule has 4 fully saturated rings. The van der Waals surface area contributed by atoms with Crippen LogP contribution < -0.4 is 5.73 Å². The van der Waals surface area contributed by atoms with E-state index in [1.165, 1.54) is 22.3 Å². The third-order valence-electron chi connectivity index (χ3n) is 9.12. The molecule has 1 saturated carbocycles. The summed E-state index contributed by atoms with van der Waals surface area (Å²) >= 11 is 0. The molecule has 6 nitrogen and oxygen atoms in total. The second-order valence-electron chi connectivity index (χ2n) is 11.0. The van der Waals surface area contributed by atoms with E-state index in [-0.39, 0.29) is 36.1 Å². The minimum absolute atomic E-state index is 0.0165. The molecule has 35 heavy (non-hydrogen) atoms. The van der Waals surface area contributed by atoms with Crippen molar-refractivity contribution in [3.05, 3.63) is 83.1 Å². The number of carbonyl (C=O) groups excluding carboxylic acids is 1. The Morgan fingerprint density at radius 3 is 2.43 bits per heavy atom. The predicted octanol–water partition coefficient (Wildman–Crippen LogP) is 2.79. The Hall–Kier alpha value is -3.14. The Morgan fingerprint density at radius 2 is 1.77 bits per heavy atom. The summed E-state index contributed by atoms with van der Waals surface area (Å²) in [6.07, 6.45) is 3.85. The molecule has 4 unspecified atom stereocenters. The lowest BCUT2D eigenvalue weighted by Crippen LogP contribution is -2.55. The summed E-state index contributed by atoms with van der Waals surface area (Å²) in [6.45, 7) is 5.76. The van der Waals surface area contributed by atoms with E-state index < -0.39 is 0 Å². The Balaban J connectivity index is 1.11. The number of piperazine rings is 1.